The van der Waals surface area contributed by atoms with E-state index in [1.807, 2.05) is 0 Å². The van der Waals surface area contributed by atoms with Crippen molar-refractivity contribution in [2.75, 3.05) is 11.9 Å². The third-order valence-corrected chi connectivity index (χ3v) is 5.33. The summed E-state index contributed by atoms with van der Waals surface area (Å²) in [6.07, 6.45) is 0. The minimum atomic E-state index is -3.73. The molecule has 0 aliphatic heterocycles. The molecule has 2 aromatic heterocycles. The van der Waals surface area contributed by atoms with Crippen LogP contribution in [0.3, 0.4) is 0 Å². The predicted molar refractivity (Wildman–Crippen MR) is 76.5 cm³/mol. The highest BCUT2D eigenvalue weighted by molar-refractivity contribution is 7.91. The normalized spacial score (nSPS) is 11.5. The highest BCUT2D eigenvalue weighted by Crippen LogP contribution is 2.25. The van der Waals surface area contributed by atoms with Crippen molar-refractivity contribution in [1.82, 2.24) is 14.9 Å². The lowest BCUT2D eigenvalue weighted by molar-refractivity contribution is -0.115. The first-order valence-corrected chi connectivity index (χ1v) is 8.11. The van der Waals surface area contributed by atoms with Gasteiger partial charge in [-0.25, -0.2) is 13.1 Å². The molecule has 0 atom stereocenters. The van der Waals surface area contributed by atoms with Crippen LogP contribution in [0.15, 0.2) is 22.4 Å². The van der Waals surface area contributed by atoms with Gasteiger partial charge in [0.25, 0.3) is 10.0 Å². The summed E-state index contributed by atoms with van der Waals surface area (Å²) < 4.78 is 26.3. The van der Waals surface area contributed by atoms with Crippen molar-refractivity contribution in [3.8, 4) is 0 Å². The van der Waals surface area contributed by atoms with Crippen molar-refractivity contribution in [1.29, 1.82) is 0 Å². The number of carbonyl (C=O) groups is 1. The lowest BCUT2D eigenvalue weighted by Crippen LogP contribution is -2.32. The highest BCUT2D eigenvalue weighted by atomic mass is 35.5. The number of anilines is 1. The lowest BCUT2D eigenvalue weighted by Gasteiger charge is -2.04. The van der Waals surface area contributed by atoms with Crippen LogP contribution in [0, 0.1) is 6.92 Å². The molecule has 0 fully saturated rings. The second-order valence-electron chi connectivity index (χ2n) is 3.87. The van der Waals surface area contributed by atoms with E-state index in [4.69, 9.17) is 11.6 Å². The summed E-state index contributed by atoms with van der Waals surface area (Å²) in [5.41, 5.74) is 0.786. The van der Waals surface area contributed by atoms with E-state index in [0.29, 0.717) is 10.2 Å². The number of sulfonamides is 1. The van der Waals surface area contributed by atoms with E-state index in [1.54, 1.807) is 13.0 Å². The maximum Gasteiger partial charge on any atom is 0.250 e. The van der Waals surface area contributed by atoms with Crippen LogP contribution in [0.2, 0.25) is 4.34 Å². The molecule has 3 N–H and O–H groups in total. The first-order chi connectivity index (χ1) is 9.37. The zero-order valence-corrected chi connectivity index (χ0v) is 12.7. The van der Waals surface area contributed by atoms with Crippen molar-refractivity contribution in [2.45, 2.75) is 11.1 Å². The quantitative estimate of drug-likeness (QED) is 0.767. The second-order valence-corrected chi connectivity index (χ2v) is 7.58. The van der Waals surface area contributed by atoms with Gasteiger partial charge in [-0.15, -0.1) is 11.3 Å². The number of aryl methyl sites for hydroxylation is 1. The summed E-state index contributed by atoms with van der Waals surface area (Å²) in [6.45, 7) is 1.40. The number of aromatic nitrogens is 2. The van der Waals surface area contributed by atoms with Crippen LogP contribution in [-0.4, -0.2) is 31.1 Å². The fourth-order valence-electron chi connectivity index (χ4n) is 1.34. The summed E-state index contributed by atoms with van der Waals surface area (Å²) in [4.78, 5) is 11.6. The number of H-pyrrole nitrogens is 1. The fourth-order valence-corrected chi connectivity index (χ4v) is 3.85. The average Bonchev–Trinajstić information content (AvgIpc) is 2.96. The molecule has 7 nitrogen and oxygen atoms in total. The maximum absolute atomic E-state index is 11.8. The number of aromatic amines is 1. The molecule has 1 amide bonds. The van der Waals surface area contributed by atoms with Crippen LogP contribution in [0.4, 0.5) is 5.82 Å². The average molecular weight is 335 g/mol. The van der Waals surface area contributed by atoms with Crippen molar-refractivity contribution < 1.29 is 13.2 Å². The number of thiophene rings is 1. The molecule has 20 heavy (non-hydrogen) atoms. The third-order valence-electron chi connectivity index (χ3n) is 2.21. The van der Waals surface area contributed by atoms with Crippen molar-refractivity contribution in [2.24, 2.45) is 0 Å². The smallest absolute Gasteiger partial charge is 0.250 e. The van der Waals surface area contributed by atoms with Crippen LogP contribution in [0.1, 0.15) is 5.69 Å². The van der Waals surface area contributed by atoms with E-state index in [1.165, 1.54) is 12.1 Å². The summed E-state index contributed by atoms with van der Waals surface area (Å²) in [5, 5.41) is 8.93. The molecule has 0 saturated carbocycles. The van der Waals surface area contributed by atoms with Gasteiger partial charge in [0.05, 0.1) is 10.9 Å². The number of halogens is 1. The molecule has 0 aliphatic carbocycles. The Labute approximate surface area is 124 Å². The Morgan fingerprint density at radius 2 is 2.25 bits per heavy atom. The maximum atomic E-state index is 11.8. The van der Waals surface area contributed by atoms with Crippen LogP contribution >= 0.6 is 22.9 Å². The van der Waals surface area contributed by atoms with E-state index >= 15 is 0 Å². The number of hydrogen-bond donors (Lipinski definition) is 3. The van der Waals surface area contributed by atoms with Crippen molar-refractivity contribution >= 4 is 44.7 Å². The van der Waals surface area contributed by atoms with E-state index in [2.05, 4.69) is 20.2 Å². The molecule has 2 aromatic rings. The molecule has 0 radical (unpaired) electrons. The third kappa shape index (κ3) is 3.79. The van der Waals surface area contributed by atoms with Gasteiger partial charge in [0.15, 0.2) is 5.82 Å². The standard InChI is InChI=1S/C10H11ClN4O3S2/c1-6-4-8(15-14-6)13-9(16)5-12-20(17,18)10-3-2-7(11)19-10/h2-4,12H,5H2,1H3,(H2,13,14,15,16). The fraction of sp³-hybridized carbons (Fsp3) is 0.200. The zero-order chi connectivity index (χ0) is 14.8. The molecule has 10 heteroatoms. The van der Waals surface area contributed by atoms with Gasteiger partial charge in [-0.3, -0.25) is 9.89 Å². The molecule has 0 aromatic carbocycles. The molecular formula is C10H11ClN4O3S2. The van der Waals surface area contributed by atoms with Crippen LogP contribution in [0.5, 0.6) is 0 Å². The van der Waals surface area contributed by atoms with E-state index < -0.39 is 15.9 Å². The minimum absolute atomic E-state index is 0.0610. The Morgan fingerprint density at radius 1 is 1.50 bits per heavy atom. The number of nitrogens with one attached hydrogen (secondary N) is 3. The molecular weight excluding hydrogens is 324 g/mol. The van der Waals surface area contributed by atoms with Crippen molar-refractivity contribution in [3.05, 3.63) is 28.2 Å². The molecule has 0 spiro atoms. The molecule has 0 unspecified atom stereocenters. The summed E-state index contributed by atoms with van der Waals surface area (Å²) >= 11 is 6.59. The Morgan fingerprint density at radius 3 is 2.80 bits per heavy atom. The summed E-state index contributed by atoms with van der Waals surface area (Å²) in [5.74, 6) is -0.173. The molecule has 108 valence electrons. The topological polar surface area (TPSA) is 104 Å². The Bertz CT molecular complexity index is 722. The largest absolute Gasteiger partial charge is 0.308 e. The van der Waals surface area contributed by atoms with Gasteiger partial charge in [0.1, 0.15) is 4.21 Å². The van der Waals surface area contributed by atoms with Crippen molar-refractivity contribution in [3.63, 3.8) is 0 Å². The lowest BCUT2D eigenvalue weighted by atomic mass is 10.4. The number of amides is 1. The van der Waals surface area contributed by atoms with Crippen LogP contribution < -0.4 is 10.0 Å². The number of nitrogens with zero attached hydrogens (tertiary/aromatic N) is 1. The van der Waals surface area contributed by atoms with Gasteiger partial charge >= 0.3 is 0 Å². The van der Waals surface area contributed by atoms with Gasteiger partial charge in [-0.1, -0.05) is 11.6 Å². The molecule has 0 aliphatic rings. The molecule has 2 heterocycles. The molecule has 2 rings (SSSR count). The minimum Gasteiger partial charge on any atom is -0.308 e. The summed E-state index contributed by atoms with van der Waals surface area (Å²) in [7, 11) is -3.73. The predicted octanol–water partition coefficient (Wildman–Crippen LogP) is 1.35. The number of rotatable bonds is 5. The first kappa shape index (κ1) is 15.0. The van der Waals surface area contributed by atoms with E-state index in [9.17, 15) is 13.2 Å². The SMILES string of the molecule is Cc1cc(NC(=O)CNS(=O)(=O)c2ccc(Cl)s2)n[nH]1. The second kappa shape index (κ2) is 5.92. The zero-order valence-electron chi connectivity index (χ0n) is 10.3. The number of carbonyl (C=O) groups excluding carboxylic acids is 1. The van der Waals surface area contributed by atoms with Gasteiger partial charge in [0.2, 0.25) is 5.91 Å². The van der Waals surface area contributed by atoms with Crippen LogP contribution in [-0.2, 0) is 14.8 Å². The summed E-state index contributed by atoms with van der Waals surface area (Å²) in [6, 6.07) is 4.49. The molecule has 0 bridgehead atoms. The Hall–Kier alpha value is -1.42. The Kier molecular flexibility index (Phi) is 4.43. The van der Waals surface area contributed by atoms with Gasteiger partial charge < -0.3 is 5.32 Å². The number of hydrogen-bond acceptors (Lipinski definition) is 5. The first-order valence-electron chi connectivity index (χ1n) is 5.44. The van der Waals surface area contributed by atoms with E-state index in [0.717, 1.165) is 17.0 Å². The van der Waals surface area contributed by atoms with E-state index in [-0.39, 0.29) is 10.8 Å². The molecule has 0 saturated heterocycles. The van der Waals surface area contributed by atoms with Gasteiger partial charge in [-0.05, 0) is 19.1 Å². The van der Waals surface area contributed by atoms with Crippen LogP contribution in [0.25, 0.3) is 0 Å². The van der Waals surface area contributed by atoms with Gasteiger partial charge in [-0.2, -0.15) is 5.10 Å². The monoisotopic (exact) mass is 334 g/mol. The van der Waals surface area contributed by atoms with Gasteiger partial charge in [0, 0.05) is 11.8 Å². The highest BCUT2D eigenvalue weighted by Gasteiger charge is 2.18. The Balaban J connectivity index is 1.93.